The van der Waals surface area contributed by atoms with Crippen LogP contribution in [0.3, 0.4) is 0 Å². The van der Waals surface area contributed by atoms with Gasteiger partial charge in [-0.1, -0.05) is 35.2 Å². The van der Waals surface area contributed by atoms with Crippen molar-refractivity contribution in [2.75, 3.05) is 5.33 Å². The summed E-state index contributed by atoms with van der Waals surface area (Å²) in [5.41, 5.74) is 1.98. The third-order valence-corrected chi connectivity index (χ3v) is 5.23. The highest BCUT2D eigenvalue weighted by Crippen LogP contribution is 2.39. The molecule has 0 spiro atoms. The second-order valence-electron chi connectivity index (χ2n) is 5.60. The Morgan fingerprint density at radius 3 is 2.56 bits per heavy atom. The van der Waals surface area contributed by atoms with E-state index in [4.69, 9.17) is 0 Å². The smallest absolute Gasteiger partial charge is 0.296 e. The molecule has 2 rings (SSSR count). The largest absolute Gasteiger partial charge is 0.347 e. The number of rotatable bonds is 3. The first kappa shape index (κ1) is 13.8. The van der Waals surface area contributed by atoms with Crippen molar-refractivity contribution >= 4 is 15.9 Å². The molecule has 0 aromatic carbocycles. The van der Waals surface area contributed by atoms with Crippen LogP contribution in [0.5, 0.6) is 0 Å². The fraction of sp³-hybridized carbons (Fsp3) is 0.714. The molecule has 0 N–H and O–H groups in total. The van der Waals surface area contributed by atoms with Crippen LogP contribution in [0.4, 0.5) is 0 Å². The Labute approximate surface area is 117 Å². The zero-order valence-electron chi connectivity index (χ0n) is 11.2. The summed E-state index contributed by atoms with van der Waals surface area (Å²) in [6.45, 7) is 4.68. The summed E-state index contributed by atoms with van der Waals surface area (Å²) < 4.78 is 1.85. The van der Waals surface area contributed by atoms with Crippen molar-refractivity contribution < 1.29 is 0 Å². The predicted molar refractivity (Wildman–Crippen MR) is 77.3 cm³/mol. The predicted octanol–water partition coefficient (Wildman–Crippen LogP) is 3.21. The molecule has 1 saturated carbocycles. The van der Waals surface area contributed by atoms with Gasteiger partial charge in [-0.25, -0.2) is 4.79 Å². The van der Waals surface area contributed by atoms with Gasteiger partial charge in [0.25, 0.3) is 0 Å². The van der Waals surface area contributed by atoms with Crippen LogP contribution in [0.2, 0.25) is 0 Å². The summed E-state index contributed by atoms with van der Waals surface area (Å²) in [5, 5.41) is 0.972. The lowest BCUT2D eigenvalue weighted by Gasteiger charge is -2.36. The highest BCUT2D eigenvalue weighted by Gasteiger charge is 2.32. The van der Waals surface area contributed by atoms with E-state index in [1.54, 1.807) is 0 Å². The number of nitrogens with zero attached hydrogens (tertiary/aromatic N) is 2. The van der Waals surface area contributed by atoms with Gasteiger partial charge in [-0.2, -0.15) is 4.98 Å². The molecule has 1 aromatic heterocycles. The molecule has 1 heterocycles. The first-order valence-corrected chi connectivity index (χ1v) is 7.80. The Morgan fingerprint density at radius 2 is 2.00 bits per heavy atom. The van der Waals surface area contributed by atoms with Crippen molar-refractivity contribution in [1.82, 2.24) is 9.55 Å². The highest BCUT2D eigenvalue weighted by molar-refractivity contribution is 9.09. The first-order chi connectivity index (χ1) is 8.56. The van der Waals surface area contributed by atoms with Gasteiger partial charge in [-0.3, -0.25) is 4.57 Å². The van der Waals surface area contributed by atoms with E-state index >= 15 is 0 Å². The minimum Gasteiger partial charge on any atom is -0.296 e. The van der Waals surface area contributed by atoms with Gasteiger partial charge in [-0.15, -0.1) is 0 Å². The van der Waals surface area contributed by atoms with Crippen LogP contribution in [0.15, 0.2) is 10.9 Å². The summed E-state index contributed by atoms with van der Waals surface area (Å²) >= 11 is 3.65. The van der Waals surface area contributed by atoms with E-state index in [9.17, 15) is 4.79 Å². The Hall–Kier alpha value is -0.640. The molecular weight excluding hydrogens is 292 g/mol. The number of hydrogen-bond donors (Lipinski definition) is 0. The molecule has 3 nitrogen and oxygen atoms in total. The van der Waals surface area contributed by atoms with E-state index in [2.05, 4.69) is 20.9 Å². The Balaban J connectivity index is 2.30. The summed E-state index contributed by atoms with van der Waals surface area (Å²) in [7, 11) is 0. The Bertz CT molecular complexity index is 475. The molecule has 0 bridgehead atoms. The molecule has 1 aliphatic carbocycles. The maximum atomic E-state index is 12.0. The fourth-order valence-corrected chi connectivity index (χ4v) is 3.68. The molecular formula is C14H21BrN2O. The lowest BCUT2D eigenvalue weighted by Crippen LogP contribution is -2.37. The van der Waals surface area contributed by atoms with Gasteiger partial charge < -0.3 is 0 Å². The fourth-order valence-electron chi connectivity index (χ4n) is 2.94. The molecule has 0 aliphatic heterocycles. The first-order valence-electron chi connectivity index (χ1n) is 6.67. The molecule has 0 saturated heterocycles. The van der Waals surface area contributed by atoms with E-state index in [-0.39, 0.29) is 11.1 Å². The van der Waals surface area contributed by atoms with E-state index in [0.29, 0.717) is 0 Å². The van der Waals surface area contributed by atoms with E-state index in [1.165, 1.54) is 32.1 Å². The summed E-state index contributed by atoms with van der Waals surface area (Å²) in [6.07, 6.45) is 6.29. The lowest BCUT2D eigenvalue weighted by molar-refractivity contribution is 0.186. The zero-order valence-corrected chi connectivity index (χ0v) is 12.8. The van der Waals surface area contributed by atoms with Crippen molar-refractivity contribution in [2.45, 2.75) is 52.5 Å². The third kappa shape index (κ3) is 2.85. The summed E-state index contributed by atoms with van der Waals surface area (Å²) in [5.74, 6) is 0. The molecule has 1 fully saturated rings. The third-order valence-electron chi connectivity index (χ3n) is 4.04. The van der Waals surface area contributed by atoms with Gasteiger partial charge in [0, 0.05) is 23.3 Å². The van der Waals surface area contributed by atoms with Crippen LogP contribution in [0, 0.1) is 19.3 Å². The number of hydrogen-bond acceptors (Lipinski definition) is 2. The second kappa shape index (κ2) is 5.55. The molecule has 1 aliphatic rings. The van der Waals surface area contributed by atoms with Gasteiger partial charge in [0.05, 0.1) is 0 Å². The van der Waals surface area contributed by atoms with Gasteiger partial charge in [0.2, 0.25) is 0 Å². The number of aromatic nitrogens is 2. The maximum absolute atomic E-state index is 12.0. The Kier molecular flexibility index (Phi) is 4.25. The molecule has 0 unspecified atom stereocenters. The topological polar surface area (TPSA) is 34.9 Å². The molecule has 18 heavy (non-hydrogen) atoms. The lowest BCUT2D eigenvalue weighted by atomic mass is 9.75. The minimum absolute atomic E-state index is 0.0987. The van der Waals surface area contributed by atoms with Crippen LogP contribution < -0.4 is 5.69 Å². The highest BCUT2D eigenvalue weighted by atomic mass is 79.9. The van der Waals surface area contributed by atoms with E-state index in [0.717, 1.165) is 23.3 Å². The standard InChI is InChI=1S/C14H21BrN2O/c1-11-8-12(2)17(13(18)16-11)10-14(9-15)6-4-3-5-7-14/h8H,3-7,9-10H2,1-2H3. The SMILES string of the molecule is Cc1cc(C)n(CC2(CBr)CCCCC2)c(=O)n1. The average Bonchev–Trinajstić information content (AvgIpc) is 2.35. The van der Waals surface area contributed by atoms with Crippen LogP contribution in [0.1, 0.15) is 43.5 Å². The zero-order chi connectivity index (χ0) is 13.2. The molecule has 1 aromatic rings. The molecule has 0 amide bonds. The van der Waals surface area contributed by atoms with Crippen LogP contribution in [-0.4, -0.2) is 14.9 Å². The van der Waals surface area contributed by atoms with Crippen molar-refractivity contribution in [3.63, 3.8) is 0 Å². The van der Waals surface area contributed by atoms with Crippen LogP contribution in [0.25, 0.3) is 0 Å². The Morgan fingerprint density at radius 1 is 1.33 bits per heavy atom. The molecule has 100 valence electrons. The van der Waals surface area contributed by atoms with Crippen molar-refractivity contribution in [2.24, 2.45) is 5.41 Å². The van der Waals surface area contributed by atoms with Crippen molar-refractivity contribution in [1.29, 1.82) is 0 Å². The van der Waals surface area contributed by atoms with Gasteiger partial charge in [-0.05, 0) is 38.2 Å². The number of aryl methyl sites for hydroxylation is 2. The summed E-state index contributed by atoms with van der Waals surface area (Å²) in [6, 6.07) is 1.99. The number of halogens is 1. The molecule has 0 radical (unpaired) electrons. The van der Waals surface area contributed by atoms with Crippen LogP contribution >= 0.6 is 15.9 Å². The molecule has 4 heteroatoms. The minimum atomic E-state index is -0.0987. The van der Waals surface area contributed by atoms with Gasteiger partial charge in [0.1, 0.15) is 0 Å². The van der Waals surface area contributed by atoms with Gasteiger partial charge >= 0.3 is 5.69 Å². The number of alkyl halides is 1. The maximum Gasteiger partial charge on any atom is 0.347 e. The monoisotopic (exact) mass is 312 g/mol. The van der Waals surface area contributed by atoms with Crippen molar-refractivity contribution in [3.05, 3.63) is 27.9 Å². The average molecular weight is 313 g/mol. The van der Waals surface area contributed by atoms with Crippen molar-refractivity contribution in [3.8, 4) is 0 Å². The van der Waals surface area contributed by atoms with E-state index < -0.39 is 0 Å². The van der Waals surface area contributed by atoms with Gasteiger partial charge in [0.15, 0.2) is 0 Å². The molecule has 0 atom stereocenters. The normalized spacial score (nSPS) is 18.8. The second-order valence-corrected chi connectivity index (χ2v) is 6.16. The summed E-state index contributed by atoms with van der Waals surface area (Å²) in [4.78, 5) is 16.1. The van der Waals surface area contributed by atoms with E-state index in [1.807, 2.05) is 24.5 Å². The van der Waals surface area contributed by atoms with Crippen LogP contribution in [-0.2, 0) is 6.54 Å². The quantitative estimate of drug-likeness (QED) is 0.803.